The first-order chi connectivity index (χ1) is 12.5. The minimum absolute atomic E-state index is 0.0577. The van der Waals surface area contributed by atoms with Crippen molar-refractivity contribution in [3.63, 3.8) is 0 Å². The van der Waals surface area contributed by atoms with Crippen molar-refractivity contribution < 1.29 is 9.53 Å². The summed E-state index contributed by atoms with van der Waals surface area (Å²) in [5.41, 5.74) is 2.19. The summed E-state index contributed by atoms with van der Waals surface area (Å²) in [6, 6.07) is 5.48. The van der Waals surface area contributed by atoms with Crippen LogP contribution in [0.15, 0.2) is 30.6 Å². The Labute approximate surface area is 156 Å². The molecule has 3 aliphatic rings. The number of aryl methyl sites for hydroxylation is 1. The Morgan fingerprint density at radius 1 is 1.27 bits per heavy atom. The van der Waals surface area contributed by atoms with Gasteiger partial charge in [0.2, 0.25) is 0 Å². The molecule has 4 heterocycles. The number of anilines is 2. The van der Waals surface area contributed by atoms with E-state index in [9.17, 15) is 4.79 Å². The van der Waals surface area contributed by atoms with Crippen LogP contribution in [0.3, 0.4) is 0 Å². The molecule has 5 rings (SSSR count). The lowest BCUT2D eigenvalue weighted by Gasteiger charge is -2.61. The zero-order valence-electron chi connectivity index (χ0n) is 14.6. The van der Waals surface area contributed by atoms with E-state index in [0.717, 1.165) is 37.6 Å². The van der Waals surface area contributed by atoms with Gasteiger partial charge in [-0.1, -0.05) is 11.6 Å². The van der Waals surface area contributed by atoms with Crippen molar-refractivity contribution in [2.75, 3.05) is 49.1 Å². The smallest absolute Gasteiger partial charge is 0.324 e. The largest absolute Gasteiger partial charge is 0.489 e. The molecule has 0 unspecified atom stereocenters. The number of fused-ring (bicyclic) bond motifs is 1. The molecule has 0 aliphatic carbocycles. The zero-order valence-corrected chi connectivity index (χ0v) is 15.3. The number of carbonyl (C=O) groups excluding carboxylic acids is 1. The molecule has 0 atom stereocenters. The van der Waals surface area contributed by atoms with Crippen LogP contribution in [0.25, 0.3) is 0 Å². The topological polar surface area (TPSA) is 53.8 Å². The van der Waals surface area contributed by atoms with Gasteiger partial charge in [0.1, 0.15) is 12.4 Å². The highest BCUT2D eigenvalue weighted by molar-refractivity contribution is 6.30. The molecule has 2 aromatic rings. The van der Waals surface area contributed by atoms with Crippen LogP contribution in [0.4, 0.5) is 16.2 Å². The predicted octanol–water partition coefficient (Wildman–Crippen LogP) is 2.21. The Hall–Kier alpha value is -2.41. The number of rotatable bonds is 1. The van der Waals surface area contributed by atoms with Gasteiger partial charge in [0, 0.05) is 55.9 Å². The lowest BCUT2D eigenvalue weighted by Crippen LogP contribution is -2.74. The first kappa shape index (κ1) is 15.8. The second-order valence-corrected chi connectivity index (χ2v) is 7.92. The van der Waals surface area contributed by atoms with Crippen LogP contribution in [-0.4, -0.2) is 60.0 Å². The molecule has 0 saturated carbocycles. The van der Waals surface area contributed by atoms with E-state index in [1.807, 2.05) is 35.1 Å². The minimum atomic E-state index is 0.0577. The van der Waals surface area contributed by atoms with Gasteiger partial charge in [-0.05, 0) is 12.1 Å². The SMILES string of the molecule is Cn1cc(N2CC3(CN(C(=O)N4CCOc5cc(Cl)ccc54)C3)C2)cn1. The van der Waals surface area contributed by atoms with Crippen molar-refractivity contribution in [3.8, 4) is 5.75 Å². The van der Waals surface area contributed by atoms with E-state index >= 15 is 0 Å². The molecule has 2 fully saturated rings. The highest BCUT2D eigenvalue weighted by Crippen LogP contribution is 2.43. The maximum absolute atomic E-state index is 12.9. The van der Waals surface area contributed by atoms with Crippen molar-refractivity contribution in [1.82, 2.24) is 14.7 Å². The molecular weight excluding hydrogens is 354 g/mol. The average molecular weight is 374 g/mol. The summed E-state index contributed by atoms with van der Waals surface area (Å²) in [4.78, 5) is 19.0. The molecule has 8 heteroatoms. The second kappa shape index (κ2) is 5.54. The molecule has 3 aliphatic heterocycles. The highest BCUT2D eigenvalue weighted by Gasteiger charge is 2.54. The lowest BCUT2D eigenvalue weighted by atomic mass is 9.73. The van der Waals surface area contributed by atoms with E-state index in [1.54, 1.807) is 17.0 Å². The Balaban J connectivity index is 1.23. The number of nitrogens with zero attached hydrogens (tertiary/aromatic N) is 5. The van der Waals surface area contributed by atoms with Gasteiger partial charge in [-0.25, -0.2) is 4.79 Å². The molecule has 1 aromatic carbocycles. The Morgan fingerprint density at radius 3 is 2.81 bits per heavy atom. The number of carbonyl (C=O) groups is 1. The fourth-order valence-electron chi connectivity index (χ4n) is 4.18. The van der Waals surface area contributed by atoms with Crippen LogP contribution in [0.1, 0.15) is 0 Å². The van der Waals surface area contributed by atoms with Crippen LogP contribution in [0.2, 0.25) is 5.02 Å². The number of amides is 2. The molecule has 136 valence electrons. The maximum Gasteiger partial charge on any atom is 0.324 e. The summed E-state index contributed by atoms with van der Waals surface area (Å²) < 4.78 is 7.46. The number of hydrogen-bond acceptors (Lipinski definition) is 4. The summed E-state index contributed by atoms with van der Waals surface area (Å²) in [5, 5.41) is 4.84. The number of halogens is 1. The molecule has 2 amide bonds. The number of likely N-dealkylation sites (tertiary alicyclic amines) is 1. The first-order valence-corrected chi connectivity index (χ1v) is 9.13. The third-order valence-corrected chi connectivity index (χ3v) is 5.68. The molecule has 0 radical (unpaired) electrons. The van der Waals surface area contributed by atoms with Gasteiger partial charge >= 0.3 is 6.03 Å². The van der Waals surface area contributed by atoms with Gasteiger partial charge in [0.15, 0.2) is 0 Å². The molecule has 26 heavy (non-hydrogen) atoms. The maximum atomic E-state index is 12.9. The normalized spacial score (nSPS) is 20.3. The van der Waals surface area contributed by atoms with Crippen LogP contribution in [0.5, 0.6) is 5.75 Å². The molecular formula is C18H20ClN5O2. The van der Waals surface area contributed by atoms with Crippen LogP contribution in [0, 0.1) is 5.41 Å². The number of hydrogen-bond donors (Lipinski definition) is 0. The summed E-state index contributed by atoms with van der Waals surface area (Å²) in [5.74, 6) is 0.679. The number of ether oxygens (including phenoxy) is 1. The third kappa shape index (κ3) is 2.41. The van der Waals surface area contributed by atoms with E-state index < -0.39 is 0 Å². The van der Waals surface area contributed by atoms with E-state index in [-0.39, 0.29) is 11.4 Å². The van der Waals surface area contributed by atoms with Crippen molar-refractivity contribution in [2.45, 2.75) is 0 Å². The molecule has 0 N–H and O–H groups in total. The summed E-state index contributed by atoms with van der Waals surface area (Å²) in [7, 11) is 1.93. The van der Waals surface area contributed by atoms with Crippen molar-refractivity contribution >= 4 is 29.0 Å². The monoisotopic (exact) mass is 373 g/mol. The Morgan fingerprint density at radius 2 is 2.08 bits per heavy atom. The van der Waals surface area contributed by atoms with E-state index in [0.29, 0.717) is 23.9 Å². The van der Waals surface area contributed by atoms with Gasteiger partial charge in [0.25, 0.3) is 0 Å². The lowest BCUT2D eigenvalue weighted by molar-refractivity contribution is 0.00968. The summed E-state index contributed by atoms with van der Waals surface area (Å²) >= 11 is 6.03. The standard InChI is InChI=1S/C18H20ClN5O2/c1-21-8-14(7-20-21)22-9-18(10-22)11-23(12-18)17(25)24-4-5-26-16-6-13(19)2-3-15(16)24/h2-3,6-8H,4-5,9-12H2,1H3. The van der Waals surface area contributed by atoms with E-state index in [1.165, 1.54) is 0 Å². The molecule has 7 nitrogen and oxygen atoms in total. The van der Waals surface area contributed by atoms with Crippen LogP contribution >= 0.6 is 11.6 Å². The predicted molar refractivity (Wildman–Crippen MR) is 99.1 cm³/mol. The highest BCUT2D eigenvalue weighted by atomic mass is 35.5. The number of urea groups is 1. The van der Waals surface area contributed by atoms with E-state index in [2.05, 4.69) is 10.00 Å². The molecule has 0 bridgehead atoms. The Bertz CT molecular complexity index is 868. The molecule has 1 spiro atoms. The first-order valence-electron chi connectivity index (χ1n) is 8.75. The average Bonchev–Trinajstić information content (AvgIpc) is 2.97. The van der Waals surface area contributed by atoms with Crippen LogP contribution in [-0.2, 0) is 7.05 Å². The minimum Gasteiger partial charge on any atom is -0.489 e. The van der Waals surface area contributed by atoms with Gasteiger partial charge in [-0.15, -0.1) is 0 Å². The van der Waals surface area contributed by atoms with Gasteiger partial charge in [0.05, 0.1) is 24.1 Å². The third-order valence-electron chi connectivity index (χ3n) is 5.45. The molecule has 2 saturated heterocycles. The zero-order chi connectivity index (χ0) is 17.9. The second-order valence-electron chi connectivity index (χ2n) is 7.48. The number of benzene rings is 1. The summed E-state index contributed by atoms with van der Waals surface area (Å²) in [6.07, 6.45) is 3.93. The fourth-order valence-corrected chi connectivity index (χ4v) is 4.34. The van der Waals surface area contributed by atoms with E-state index in [4.69, 9.17) is 16.3 Å². The van der Waals surface area contributed by atoms with Crippen molar-refractivity contribution in [2.24, 2.45) is 12.5 Å². The number of aromatic nitrogens is 2. The quantitative estimate of drug-likeness (QED) is 0.769. The van der Waals surface area contributed by atoms with Gasteiger partial charge in [-0.2, -0.15) is 5.10 Å². The summed E-state index contributed by atoms with van der Waals surface area (Å²) in [6.45, 7) is 4.65. The fraction of sp³-hybridized carbons (Fsp3) is 0.444. The van der Waals surface area contributed by atoms with Gasteiger partial charge < -0.3 is 14.5 Å². The van der Waals surface area contributed by atoms with Gasteiger partial charge in [-0.3, -0.25) is 9.58 Å². The molecule has 1 aromatic heterocycles. The van der Waals surface area contributed by atoms with Crippen LogP contribution < -0.4 is 14.5 Å². The van der Waals surface area contributed by atoms with Crippen molar-refractivity contribution in [3.05, 3.63) is 35.6 Å². The van der Waals surface area contributed by atoms with Crippen molar-refractivity contribution in [1.29, 1.82) is 0 Å². The Kier molecular flexibility index (Phi) is 3.37.